The molecule has 10 aromatic rings. The van der Waals surface area contributed by atoms with Gasteiger partial charge in [-0.1, -0.05) is 77.9 Å². The molecule has 0 radical (unpaired) electrons. The lowest BCUT2D eigenvalue weighted by molar-refractivity contribution is -0.131. The van der Waals surface area contributed by atoms with Gasteiger partial charge in [0.25, 0.3) is 0 Å². The summed E-state index contributed by atoms with van der Waals surface area (Å²) in [4.78, 5) is 56.2. The van der Waals surface area contributed by atoms with Crippen molar-refractivity contribution in [1.29, 1.82) is 0 Å². The van der Waals surface area contributed by atoms with Gasteiger partial charge in [0.15, 0.2) is 0 Å². The second kappa shape index (κ2) is 30.9. The van der Waals surface area contributed by atoms with Crippen LogP contribution in [0.15, 0.2) is 152 Å². The number of aromatic amines is 5. The average Bonchev–Trinajstić information content (AvgIpc) is 1.63. The number of aryl methyl sites for hydroxylation is 1. The first-order valence-corrected chi connectivity index (χ1v) is 37.1. The van der Waals surface area contributed by atoms with Crippen molar-refractivity contribution < 1.29 is 40.0 Å². The van der Waals surface area contributed by atoms with Crippen LogP contribution < -0.4 is 5.32 Å². The van der Waals surface area contributed by atoms with Crippen molar-refractivity contribution >= 4 is 126 Å². The summed E-state index contributed by atoms with van der Waals surface area (Å²) >= 11 is 5.99. The largest absolute Gasteiger partial charge is 0.361 e. The number of benzene rings is 5. The van der Waals surface area contributed by atoms with Gasteiger partial charge in [0.1, 0.15) is 11.6 Å². The Balaban J connectivity index is 0.000000124. The van der Waals surface area contributed by atoms with E-state index in [0.717, 1.165) is 107 Å². The number of aromatic nitrogens is 5. The van der Waals surface area contributed by atoms with Gasteiger partial charge in [-0.2, -0.15) is 8.61 Å². The molecule has 0 spiro atoms. The van der Waals surface area contributed by atoms with Crippen LogP contribution in [0.25, 0.3) is 76.8 Å². The van der Waals surface area contributed by atoms with Crippen LogP contribution >= 0.6 is 11.6 Å². The van der Waals surface area contributed by atoms with Crippen LogP contribution in [0, 0.1) is 18.6 Å². The van der Waals surface area contributed by atoms with Crippen molar-refractivity contribution in [3.8, 4) is 0 Å². The molecule has 0 atom stereocenters. The molecule has 0 saturated carbocycles. The van der Waals surface area contributed by atoms with E-state index < -0.39 is 20.0 Å². The SMILES string of the molecule is CC(=O)N1CC=C(c2c[nH]c3cc(Cl)ccc23)CC1.CC(=O)N1CC=C(c2c[nH]c3ccc(F)cc23)CC1.CNCC(=O)N1CCC(c2c[nH]c3ccccc23)CC1.CS(=O)(=O)N1CC=C(c2c[nH]c3cccc(F)c23)CC1.Cc1ccc2[nH]cc(C3=CCN(S(C)(=O)=O)CC3)c2c1. The van der Waals surface area contributed by atoms with Gasteiger partial charge >= 0.3 is 0 Å². The molecule has 514 valence electrons. The Hall–Kier alpha value is -8.90. The summed E-state index contributed by atoms with van der Waals surface area (Å²) in [7, 11) is -4.43. The van der Waals surface area contributed by atoms with E-state index in [-0.39, 0.29) is 29.4 Å². The minimum atomic E-state index is -3.16. The van der Waals surface area contributed by atoms with E-state index in [4.69, 9.17) is 11.6 Å². The summed E-state index contributed by atoms with van der Waals surface area (Å²) in [5, 5.41) is 8.87. The maximum absolute atomic E-state index is 13.9. The molecule has 1 fully saturated rings. The van der Waals surface area contributed by atoms with Gasteiger partial charge < -0.3 is 44.9 Å². The number of carbonyl (C=O) groups is 3. The molecule has 5 aromatic carbocycles. The van der Waals surface area contributed by atoms with Crippen molar-refractivity contribution in [2.45, 2.75) is 65.2 Å². The molecule has 5 aromatic heterocycles. The normalized spacial score (nSPS) is 16.6. The van der Waals surface area contributed by atoms with Crippen molar-refractivity contribution in [1.82, 2.24) is 53.5 Å². The fraction of sp³-hybridized carbons (Fsp3) is 0.320. The number of sulfonamides is 2. The van der Waals surface area contributed by atoms with Crippen LogP contribution in [-0.4, -0.2) is 174 Å². The van der Waals surface area contributed by atoms with E-state index in [9.17, 15) is 40.0 Å². The Kier molecular flexibility index (Phi) is 22.2. The molecule has 15 rings (SSSR count). The van der Waals surface area contributed by atoms with Crippen LogP contribution in [0.1, 0.15) is 91.7 Å². The van der Waals surface area contributed by atoms with Crippen LogP contribution in [0.5, 0.6) is 0 Å². The quantitative estimate of drug-likeness (QED) is 0.0813. The number of rotatable bonds is 9. The van der Waals surface area contributed by atoms with Crippen molar-refractivity contribution in [3.05, 3.63) is 202 Å². The van der Waals surface area contributed by atoms with E-state index in [1.165, 1.54) is 93.9 Å². The highest BCUT2D eigenvalue weighted by Crippen LogP contribution is 2.37. The van der Waals surface area contributed by atoms with Crippen LogP contribution in [-0.2, 0) is 34.4 Å². The number of likely N-dealkylation sites (tertiary alicyclic amines) is 1. The highest BCUT2D eigenvalue weighted by Gasteiger charge is 2.27. The summed E-state index contributed by atoms with van der Waals surface area (Å²) < 4.78 is 76.2. The number of hydrogen-bond donors (Lipinski definition) is 6. The average molecular weight is 1390 g/mol. The number of para-hydroxylation sites is 1. The van der Waals surface area contributed by atoms with Crippen molar-refractivity contribution in [3.63, 3.8) is 0 Å². The zero-order chi connectivity index (χ0) is 69.4. The zero-order valence-electron chi connectivity index (χ0n) is 56.1. The Morgan fingerprint density at radius 1 is 0.510 bits per heavy atom. The number of nitrogens with one attached hydrogen (secondary N) is 6. The number of H-pyrrole nitrogens is 5. The maximum atomic E-state index is 13.9. The summed E-state index contributed by atoms with van der Waals surface area (Å²) in [5.41, 5.74) is 16.7. The zero-order valence-corrected chi connectivity index (χ0v) is 58.5. The van der Waals surface area contributed by atoms with Crippen LogP contribution in [0.4, 0.5) is 8.78 Å². The summed E-state index contributed by atoms with van der Waals surface area (Å²) in [6.45, 7) is 12.1. The molecule has 0 aliphatic carbocycles. The molecule has 3 amide bonds. The van der Waals surface area contributed by atoms with E-state index in [1.807, 2.05) is 71.9 Å². The third-order valence-electron chi connectivity index (χ3n) is 19.0. The maximum Gasteiger partial charge on any atom is 0.236 e. The first-order valence-electron chi connectivity index (χ1n) is 33.0. The highest BCUT2D eigenvalue weighted by molar-refractivity contribution is 7.88. The predicted molar refractivity (Wildman–Crippen MR) is 391 cm³/mol. The Morgan fingerprint density at radius 2 is 1.00 bits per heavy atom. The summed E-state index contributed by atoms with van der Waals surface area (Å²) in [6, 6.07) is 30.4. The minimum Gasteiger partial charge on any atom is -0.361 e. The fourth-order valence-corrected chi connectivity index (χ4v) is 15.3. The molecular weight excluding hydrogens is 1300 g/mol. The lowest BCUT2D eigenvalue weighted by atomic mass is 9.89. The second-order valence-corrected chi connectivity index (χ2v) is 29.9. The van der Waals surface area contributed by atoms with E-state index in [2.05, 4.69) is 98.0 Å². The highest BCUT2D eigenvalue weighted by atomic mass is 35.5. The monoisotopic (exact) mass is 1390 g/mol. The number of halogens is 3. The third-order valence-corrected chi connectivity index (χ3v) is 21.8. The second-order valence-electron chi connectivity index (χ2n) is 25.5. The molecule has 10 heterocycles. The van der Waals surface area contributed by atoms with Gasteiger partial charge in [0.2, 0.25) is 37.8 Å². The van der Waals surface area contributed by atoms with Gasteiger partial charge in [-0.15, -0.1) is 0 Å². The van der Waals surface area contributed by atoms with Crippen LogP contribution in [0.3, 0.4) is 0 Å². The molecule has 98 heavy (non-hydrogen) atoms. The van der Waals surface area contributed by atoms with Gasteiger partial charge in [-0.3, -0.25) is 14.4 Å². The number of piperidine rings is 1. The minimum absolute atomic E-state index is 0.0975. The predicted octanol–water partition coefficient (Wildman–Crippen LogP) is 13.4. The molecule has 1 saturated heterocycles. The van der Waals surface area contributed by atoms with Crippen molar-refractivity contribution in [2.75, 3.05) is 91.6 Å². The molecule has 23 heteroatoms. The number of hydrogen-bond acceptors (Lipinski definition) is 8. The number of likely N-dealkylation sites (N-methyl/N-ethyl adjacent to an activating group) is 1. The lowest BCUT2D eigenvalue weighted by Gasteiger charge is -2.32. The molecule has 0 bridgehead atoms. The van der Waals surface area contributed by atoms with E-state index in [0.29, 0.717) is 63.5 Å². The van der Waals surface area contributed by atoms with E-state index >= 15 is 0 Å². The number of fused-ring (bicyclic) bond motifs is 5. The fourth-order valence-electron chi connectivity index (χ4n) is 13.5. The standard InChI is InChI=1S/C16H21N3O.C15H15ClN2O.C15H15FN2O.C15H18N2O2S.C14H15FN2O2S/c1-17-11-16(20)19-8-6-12(7-9-19)14-10-18-15-5-3-2-4-13(14)15;1-10(19)18-6-4-11(5-7-18)14-9-17-15-8-12(16)2-3-13(14)15;1-10(19)18-6-4-11(5-7-18)14-9-17-15-3-2-12(16)8-13(14)15;1-11-3-4-15-13(9-11)14(10-16-15)12-5-7-17(8-6-12)20(2,18)19;1-20(18,19)17-7-5-10(6-8-17)11-9-16-13-4-2-3-12(15)14(11)13/h2-5,10,12,17-18H,6-9,11H2,1H3;2*2-4,8-9,17H,5-7H2,1H3;3-5,9-10,16H,6-8H2,1-2H3;2-5,9,16H,6-8H2,1H3. The topological polar surface area (TPSA) is 227 Å². The van der Waals surface area contributed by atoms with Crippen LogP contribution in [0.2, 0.25) is 5.02 Å². The van der Waals surface area contributed by atoms with Gasteiger partial charge in [-0.05, 0) is 147 Å². The molecule has 5 aliphatic rings. The molecule has 6 N–H and O–H groups in total. The summed E-state index contributed by atoms with van der Waals surface area (Å²) in [5.74, 6) is 0.524. The molecule has 0 unspecified atom stereocenters. The first kappa shape index (κ1) is 70.4. The first-order chi connectivity index (χ1) is 47.0. The number of amides is 3. The molecule has 5 aliphatic heterocycles. The number of carbonyl (C=O) groups excluding carboxylic acids is 3. The van der Waals surface area contributed by atoms with Gasteiger partial charge in [-0.25, -0.2) is 25.6 Å². The number of nitrogens with zero attached hydrogens (tertiary/aromatic N) is 5. The molecule has 18 nitrogen and oxygen atoms in total. The Bertz CT molecular complexity index is 4960. The lowest BCUT2D eigenvalue weighted by Crippen LogP contribution is -2.41. The van der Waals surface area contributed by atoms with E-state index in [1.54, 1.807) is 43.1 Å². The Labute approximate surface area is 575 Å². The third kappa shape index (κ3) is 16.6. The van der Waals surface area contributed by atoms with Gasteiger partial charge in [0.05, 0.1) is 19.1 Å². The summed E-state index contributed by atoms with van der Waals surface area (Å²) in [6.07, 6.45) is 25.6. The Morgan fingerprint density at radius 3 is 1.55 bits per heavy atom. The van der Waals surface area contributed by atoms with Crippen molar-refractivity contribution in [2.24, 2.45) is 0 Å². The van der Waals surface area contributed by atoms with Gasteiger partial charge in [0, 0.05) is 192 Å². The molecular formula is C75H84ClF2N11O7S2. The smallest absolute Gasteiger partial charge is 0.236 e.